The van der Waals surface area contributed by atoms with E-state index in [2.05, 4.69) is 4.98 Å². The lowest BCUT2D eigenvalue weighted by Gasteiger charge is -2.01. The van der Waals surface area contributed by atoms with Gasteiger partial charge in [-0.3, -0.25) is 4.79 Å². The molecular formula is C11H7ClFNO. The lowest BCUT2D eigenvalue weighted by Crippen LogP contribution is -2.04. The minimum absolute atomic E-state index is 0.122. The highest BCUT2D eigenvalue weighted by Gasteiger charge is 2.01. The van der Waals surface area contributed by atoms with Crippen molar-refractivity contribution < 1.29 is 4.39 Å². The molecule has 0 amide bonds. The maximum absolute atomic E-state index is 12.7. The van der Waals surface area contributed by atoms with Gasteiger partial charge in [0.05, 0.1) is 0 Å². The van der Waals surface area contributed by atoms with E-state index >= 15 is 0 Å². The van der Waals surface area contributed by atoms with Crippen LogP contribution < -0.4 is 5.56 Å². The molecule has 2 nitrogen and oxygen atoms in total. The number of halogens is 2. The third kappa shape index (κ3) is 2.07. The van der Waals surface area contributed by atoms with E-state index < -0.39 is 0 Å². The van der Waals surface area contributed by atoms with Crippen molar-refractivity contribution >= 4 is 11.6 Å². The number of nitrogens with one attached hydrogen (secondary N) is 1. The van der Waals surface area contributed by atoms with E-state index in [4.69, 9.17) is 11.6 Å². The molecule has 1 aromatic heterocycles. The molecule has 0 spiro atoms. The van der Waals surface area contributed by atoms with Crippen LogP contribution in [0.25, 0.3) is 11.1 Å². The molecule has 2 rings (SSSR count). The number of hydrogen-bond acceptors (Lipinski definition) is 1. The number of benzene rings is 1. The summed E-state index contributed by atoms with van der Waals surface area (Å²) >= 11 is 5.68. The standard InChI is InChI=1S/C11H7ClFNO/c12-10-5-8(6-14-11(10)15)7-1-3-9(13)4-2-7/h1-6H,(H,14,15). The first kappa shape index (κ1) is 9.93. The third-order valence-electron chi connectivity index (χ3n) is 2.04. The zero-order chi connectivity index (χ0) is 10.8. The summed E-state index contributed by atoms with van der Waals surface area (Å²) in [5, 5.41) is 0.122. The Morgan fingerprint density at radius 1 is 1.13 bits per heavy atom. The van der Waals surface area contributed by atoms with Crippen molar-refractivity contribution in [1.29, 1.82) is 0 Å². The fourth-order valence-corrected chi connectivity index (χ4v) is 1.44. The minimum atomic E-state index is -0.331. The quantitative estimate of drug-likeness (QED) is 0.792. The topological polar surface area (TPSA) is 32.9 Å². The van der Waals surface area contributed by atoms with E-state index in [0.29, 0.717) is 0 Å². The van der Waals surface area contributed by atoms with Crippen molar-refractivity contribution in [3.8, 4) is 11.1 Å². The second-order valence-corrected chi connectivity index (χ2v) is 3.48. The van der Waals surface area contributed by atoms with Gasteiger partial charge in [0.1, 0.15) is 10.8 Å². The SMILES string of the molecule is O=c1[nH]cc(-c2ccc(F)cc2)cc1Cl. The summed E-state index contributed by atoms with van der Waals surface area (Å²) in [4.78, 5) is 13.5. The first-order valence-corrected chi connectivity index (χ1v) is 4.69. The highest BCUT2D eigenvalue weighted by Crippen LogP contribution is 2.19. The first-order chi connectivity index (χ1) is 7.16. The number of pyridine rings is 1. The molecular weight excluding hydrogens is 217 g/mol. The van der Waals surface area contributed by atoms with Crippen molar-refractivity contribution in [3.63, 3.8) is 0 Å². The summed E-state index contributed by atoms with van der Waals surface area (Å²) < 4.78 is 12.7. The number of hydrogen-bond donors (Lipinski definition) is 1. The molecule has 0 radical (unpaired) electrons. The average molecular weight is 224 g/mol. The molecule has 1 aromatic carbocycles. The summed E-state index contributed by atoms with van der Waals surface area (Å²) in [5.41, 5.74) is 1.22. The Hall–Kier alpha value is -1.61. The summed E-state index contributed by atoms with van der Waals surface area (Å²) in [5.74, 6) is -0.297. The normalized spacial score (nSPS) is 10.3. The molecule has 0 unspecified atom stereocenters. The molecule has 0 aliphatic carbocycles. The second kappa shape index (κ2) is 3.87. The van der Waals surface area contributed by atoms with Crippen LogP contribution in [0.4, 0.5) is 4.39 Å². The van der Waals surface area contributed by atoms with Crippen LogP contribution in [-0.4, -0.2) is 4.98 Å². The van der Waals surface area contributed by atoms with Gasteiger partial charge in [-0.1, -0.05) is 23.7 Å². The van der Waals surface area contributed by atoms with Gasteiger partial charge in [0.25, 0.3) is 5.56 Å². The molecule has 0 bridgehead atoms. The first-order valence-electron chi connectivity index (χ1n) is 4.31. The molecule has 2 aromatic rings. The molecule has 0 aliphatic heterocycles. The Morgan fingerprint density at radius 3 is 2.40 bits per heavy atom. The largest absolute Gasteiger partial charge is 0.327 e. The summed E-state index contributed by atoms with van der Waals surface area (Å²) in [6.07, 6.45) is 1.54. The van der Waals surface area contributed by atoms with Gasteiger partial charge in [-0.25, -0.2) is 4.39 Å². The van der Waals surface area contributed by atoms with Gasteiger partial charge in [0, 0.05) is 6.20 Å². The fourth-order valence-electron chi connectivity index (χ4n) is 1.26. The molecule has 1 N–H and O–H groups in total. The van der Waals surface area contributed by atoms with Crippen LogP contribution in [0.1, 0.15) is 0 Å². The predicted octanol–water partition coefficient (Wildman–Crippen LogP) is 2.83. The van der Waals surface area contributed by atoms with Gasteiger partial charge in [-0.2, -0.15) is 0 Å². The van der Waals surface area contributed by atoms with Crippen molar-refractivity contribution in [2.45, 2.75) is 0 Å². The Balaban J connectivity index is 2.50. The Morgan fingerprint density at radius 2 is 1.80 bits per heavy atom. The number of aromatic nitrogens is 1. The van der Waals surface area contributed by atoms with Crippen LogP contribution in [-0.2, 0) is 0 Å². The van der Waals surface area contributed by atoms with Crippen molar-refractivity contribution in [3.05, 3.63) is 57.7 Å². The van der Waals surface area contributed by atoms with Gasteiger partial charge in [0.2, 0.25) is 0 Å². The molecule has 0 fully saturated rings. The van der Waals surface area contributed by atoms with Crippen molar-refractivity contribution in [2.24, 2.45) is 0 Å². The second-order valence-electron chi connectivity index (χ2n) is 3.07. The molecule has 4 heteroatoms. The highest BCUT2D eigenvalue weighted by atomic mass is 35.5. The van der Waals surface area contributed by atoms with Crippen LogP contribution in [0.3, 0.4) is 0 Å². The Labute approximate surface area is 90.3 Å². The molecule has 0 saturated heterocycles. The van der Waals surface area contributed by atoms with Gasteiger partial charge in [0.15, 0.2) is 0 Å². The molecule has 0 saturated carbocycles. The van der Waals surface area contributed by atoms with Crippen LogP contribution in [0.15, 0.2) is 41.3 Å². The fraction of sp³-hybridized carbons (Fsp3) is 0. The van der Waals surface area contributed by atoms with Crippen LogP contribution in [0.5, 0.6) is 0 Å². The molecule has 1 heterocycles. The highest BCUT2D eigenvalue weighted by molar-refractivity contribution is 6.30. The van der Waals surface area contributed by atoms with E-state index in [0.717, 1.165) is 11.1 Å². The third-order valence-corrected chi connectivity index (χ3v) is 2.32. The summed E-state index contributed by atoms with van der Waals surface area (Å²) in [6, 6.07) is 7.51. The van der Waals surface area contributed by atoms with Gasteiger partial charge >= 0.3 is 0 Å². The molecule has 15 heavy (non-hydrogen) atoms. The number of H-pyrrole nitrogens is 1. The smallest absolute Gasteiger partial charge is 0.266 e. The lowest BCUT2D eigenvalue weighted by atomic mass is 10.1. The van der Waals surface area contributed by atoms with Gasteiger partial charge < -0.3 is 4.98 Å². The van der Waals surface area contributed by atoms with Gasteiger partial charge in [-0.15, -0.1) is 0 Å². The van der Waals surface area contributed by atoms with Crippen LogP contribution >= 0.6 is 11.6 Å². The average Bonchev–Trinajstić information content (AvgIpc) is 2.23. The van der Waals surface area contributed by atoms with Crippen molar-refractivity contribution in [1.82, 2.24) is 4.98 Å². The van der Waals surface area contributed by atoms with E-state index in [-0.39, 0.29) is 16.4 Å². The number of rotatable bonds is 1. The van der Waals surface area contributed by atoms with E-state index in [1.807, 2.05) is 0 Å². The monoisotopic (exact) mass is 223 g/mol. The molecule has 0 atom stereocenters. The number of aromatic amines is 1. The van der Waals surface area contributed by atoms with Crippen LogP contribution in [0.2, 0.25) is 5.02 Å². The van der Waals surface area contributed by atoms with E-state index in [1.54, 1.807) is 24.4 Å². The zero-order valence-electron chi connectivity index (χ0n) is 7.63. The Bertz CT molecular complexity index is 533. The van der Waals surface area contributed by atoms with Crippen molar-refractivity contribution in [2.75, 3.05) is 0 Å². The Kier molecular flexibility index (Phi) is 2.56. The van der Waals surface area contributed by atoms with E-state index in [9.17, 15) is 9.18 Å². The maximum Gasteiger partial charge on any atom is 0.266 e. The minimum Gasteiger partial charge on any atom is -0.327 e. The lowest BCUT2D eigenvalue weighted by molar-refractivity contribution is 0.628. The predicted molar refractivity (Wildman–Crippen MR) is 57.5 cm³/mol. The summed E-state index contributed by atoms with van der Waals surface area (Å²) in [7, 11) is 0. The molecule has 76 valence electrons. The molecule has 0 aliphatic rings. The zero-order valence-corrected chi connectivity index (χ0v) is 8.38. The summed E-state index contributed by atoms with van der Waals surface area (Å²) in [6.45, 7) is 0. The van der Waals surface area contributed by atoms with E-state index in [1.165, 1.54) is 12.1 Å². The maximum atomic E-state index is 12.7. The van der Waals surface area contributed by atoms with Gasteiger partial charge in [-0.05, 0) is 29.3 Å². The van der Waals surface area contributed by atoms with Crippen LogP contribution in [0, 0.1) is 5.82 Å².